The van der Waals surface area contributed by atoms with Gasteiger partial charge in [0.05, 0.1) is 12.0 Å². The molecule has 0 heterocycles. The highest BCUT2D eigenvalue weighted by atomic mass is 19.1. The van der Waals surface area contributed by atoms with E-state index in [0.717, 1.165) is 0 Å². The first kappa shape index (κ1) is 18.2. The second-order valence-corrected chi connectivity index (χ2v) is 5.03. The number of carbonyl (C=O) groups is 1. The summed E-state index contributed by atoms with van der Waals surface area (Å²) in [4.78, 5) is 22.1. The minimum absolute atomic E-state index is 0.00981. The van der Waals surface area contributed by atoms with E-state index in [2.05, 4.69) is 0 Å². The lowest BCUT2D eigenvalue weighted by atomic mass is 10.1. The SMILES string of the molecule is COc1cc(OCC(=O)OC(C)c2ccccc2F)ccc1[N+](=O)[O-]. The summed E-state index contributed by atoms with van der Waals surface area (Å²) < 4.78 is 28.9. The van der Waals surface area contributed by atoms with Gasteiger partial charge in [-0.1, -0.05) is 18.2 Å². The molecule has 0 bridgehead atoms. The lowest BCUT2D eigenvalue weighted by Gasteiger charge is -2.14. The van der Waals surface area contributed by atoms with Crippen molar-refractivity contribution < 1.29 is 28.3 Å². The van der Waals surface area contributed by atoms with Gasteiger partial charge in [-0.2, -0.15) is 0 Å². The van der Waals surface area contributed by atoms with E-state index in [9.17, 15) is 19.3 Å². The van der Waals surface area contributed by atoms with Crippen molar-refractivity contribution in [3.63, 3.8) is 0 Å². The molecule has 2 aromatic carbocycles. The van der Waals surface area contributed by atoms with Gasteiger partial charge in [0.15, 0.2) is 6.61 Å². The molecule has 7 nitrogen and oxygen atoms in total. The van der Waals surface area contributed by atoms with E-state index in [1.165, 1.54) is 37.4 Å². The van der Waals surface area contributed by atoms with E-state index in [0.29, 0.717) is 0 Å². The Labute approximate surface area is 143 Å². The summed E-state index contributed by atoms with van der Waals surface area (Å²) in [7, 11) is 1.29. The second kappa shape index (κ2) is 8.09. The van der Waals surface area contributed by atoms with Crippen molar-refractivity contribution in [3.8, 4) is 11.5 Å². The van der Waals surface area contributed by atoms with Crippen LogP contribution in [-0.2, 0) is 9.53 Å². The molecule has 0 saturated carbocycles. The number of methoxy groups -OCH3 is 1. The fraction of sp³-hybridized carbons (Fsp3) is 0.235. The lowest BCUT2D eigenvalue weighted by Crippen LogP contribution is -2.17. The van der Waals surface area contributed by atoms with Crippen LogP contribution in [-0.4, -0.2) is 24.6 Å². The number of nitro benzene ring substituents is 1. The Bertz CT molecular complexity index is 779. The number of nitrogens with zero attached hydrogens (tertiary/aromatic N) is 1. The summed E-state index contributed by atoms with van der Waals surface area (Å²) in [5.41, 5.74) is 0.0402. The van der Waals surface area contributed by atoms with Crippen LogP contribution in [0.15, 0.2) is 42.5 Å². The lowest BCUT2D eigenvalue weighted by molar-refractivity contribution is -0.385. The quantitative estimate of drug-likeness (QED) is 0.432. The van der Waals surface area contributed by atoms with E-state index in [-0.39, 0.29) is 22.7 Å². The van der Waals surface area contributed by atoms with Gasteiger partial charge in [0.1, 0.15) is 17.7 Å². The zero-order valence-electron chi connectivity index (χ0n) is 13.6. The van der Waals surface area contributed by atoms with Crippen molar-refractivity contribution >= 4 is 11.7 Å². The van der Waals surface area contributed by atoms with Crippen molar-refractivity contribution in [2.75, 3.05) is 13.7 Å². The van der Waals surface area contributed by atoms with Crippen LogP contribution in [0.4, 0.5) is 10.1 Å². The monoisotopic (exact) mass is 349 g/mol. The molecule has 0 aromatic heterocycles. The fourth-order valence-electron chi connectivity index (χ4n) is 2.14. The molecule has 1 atom stereocenters. The van der Waals surface area contributed by atoms with Gasteiger partial charge in [0.25, 0.3) is 0 Å². The number of carbonyl (C=O) groups excluding carboxylic acids is 1. The van der Waals surface area contributed by atoms with Crippen LogP contribution in [0.1, 0.15) is 18.6 Å². The number of benzene rings is 2. The zero-order chi connectivity index (χ0) is 18.4. The van der Waals surface area contributed by atoms with Gasteiger partial charge in [-0.3, -0.25) is 10.1 Å². The summed E-state index contributed by atoms with van der Waals surface area (Å²) in [6.07, 6.45) is -0.774. The van der Waals surface area contributed by atoms with Crippen molar-refractivity contribution in [2.24, 2.45) is 0 Å². The van der Waals surface area contributed by atoms with Crippen molar-refractivity contribution in [1.29, 1.82) is 0 Å². The first-order chi connectivity index (χ1) is 11.9. The summed E-state index contributed by atoms with van der Waals surface area (Å²) in [5.74, 6) is -0.953. The molecule has 0 aliphatic carbocycles. The Kier molecular flexibility index (Phi) is 5.89. The van der Waals surface area contributed by atoms with Crippen molar-refractivity contribution in [1.82, 2.24) is 0 Å². The Balaban J connectivity index is 1.96. The second-order valence-electron chi connectivity index (χ2n) is 5.03. The van der Waals surface area contributed by atoms with Gasteiger partial charge in [-0.15, -0.1) is 0 Å². The molecular weight excluding hydrogens is 333 g/mol. The predicted molar refractivity (Wildman–Crippen MR) is 86.1 cm³/mol. The van der Waals surface area contributed by atoms with Gasteiger partial charge in [-0.05, 0) is 19.1 Å². The molecule has 1 unspecified atom stereocenters. The number of nitro groups is 1. The molecule has 0 N–H and O–H groups in total. The van der Waals surface area contributed by atoms with Crippen LogP contribution in [0, 0.1) is 15.9 Å². The minimum atomic E-state index is -0.774. The first-order valence-corrected chi connectivity index (χ1v) is 7.31. The Hall–Kier alpha value is -3.16. The predicted octanol–water partition coefficient (Wildman–Crippen LogP) is 3.43. The van der Waals surface area contributed by atoms with Crippen molar-refractivity contribution in [2.45, 2.75) is 13.0 Å². The number of esters is 1. The smallest absolute Gasteiger partial charge is 0.344 e. The number of hydrogen-bond donors (Lipinski definition) is 0. The molecule has 0 fully saturated rings. The number of hydrogen-bond acceptors (Lipinski definition) is 6. The summed E-state index contributed by atoms with van der Waals surface area (Å²) in [6.45, 7) is 1.12. The molecule has 8 heteroatoms. The molecule has 2 aromatic rings. The van der Waals surface area contributed by atoms with Crippen LogP contribution in [0.25, 0.3) is 0 Å². The third-order valence-electron chi connectivity index (χ3n) is 3.36. The largest absolute Gasteiger partial charge is 0.490 e. The summed E-state index contributed by atoms with van der Waals surface area (Å²) in [6, 6.07) is 9.83. The van der Waals surface area contributed by atoms with Gasteiger partial charge < -0.3 is 14.2 Å². The molecule has 132 valence electrons. The maximum atomic E-state index is 13.6. The molecular formula is C17H16FNO6. The average molecular weight is 349 g/mol. The Morgan fingerprint density at radius 3 is 2.64 bits per heavy atom. The third-order valence-corrected chi connectivity index (χ3v) is 3.36. The van der Waals surface area contributed by atoms with Gasteiger partial charge >= 0.3 is 11.7 Å². The van der Waals surface area contributed by atoms with Gasteiger partial charge in [-0.25, -0.2) is 9.18 Å². The normalized spacial score (nSPS) is 11.5. The maximum absolute atomic E-state index is 13.6. The summed E-state index contributed by atoms with van der Waals surface area (Å²) >= 11 is 0. The highest BCUT2D eigenvalue weighted by Crippen LogP contribution is 2.30. The standard InChI is InChI=1S/C17H16FNO6/c1-11(13-5-3-4-6-14(13)18)25-17(20)10-24-12-7-8-15(19(21)22)16(9-12)23-2/h3-9,11H,10H2,1-2H3. The zero-order valence-corrected chi connectivity index (χ0v) is 13.6. The first-order valence-electron chi connectivity index (χ1n) is 7.31. The van der Waals surface area contributed by atoms with E-state index >= 15 is 0 Å². The molecule has 0 amide bonds. The average Bonchev–Trinajstić information content (AvgIpc) is 2.59. The topological polar surface area (TPSA) is 87.9 Å². The van der Waals surface area contributed by atoms with Crippen LogP contribution >= 0.6 is 0 Å². The van der Waals surface area contributed by atoms with Crippen LogP contribution in [0.2, 0.25) is 0 Å². The van der Waals surface area contributed by atoms with Crippen LogP contribution in [0.3, 0.4) is 0 Å². The molecule has 0 aliphatic rings. The van der Waals surface area contributed by atoms with Gasteiger partial charge in [0, 0.05) is 17.7 Å². The summed E-state index contributed by atoms with van der Waals surface area (Å²) in [5, 5.41) is 10.8. The molecule has 2 rings (SSSR count). The van der Waals surface area contributed by atoms with Crippen LogP contribution < -0.4 is 9.47 Å². The number of rotatable bonds is 7. The third kappa shape index (κ3) is 4.66. The molecule has 0 spiro atoms. The number of halogens is 1. The molecule has 25 heavy (non-hydrogen) atoms. The van der Waals surface area contributed by atoms with E-state index < -0.39 is 29.4 Å². The Morgan fingerprint density at radius 2 is 2.00 bits per heavy atom. The van der Waals surface area contributed by atoms with Gasteiger partial charge in [0.2, 0.25) is 5.75 Å². The highest BCUT2D eigenvalue weighted by Gasteiger charge is 2.18. The molecule has 0 radical (unpaired) electrons. The fourth-order valence-corrected chi connectivity index (χ4v) is 2.14. The highest BCUT2D eigenvalue weighted by molar-refractivity contribution is 5.71. The number of ether oxygens (including phenoxy) is 3. The van der Waals surface area contributed by atoms with Crippen molar-refractivity contribution in [3.05, 3.63) is 64.0 Å². The molecule has 0 saturated heterocycles. The minimum Gasteiger partial charge on any atom is -0.490 e. The van der Waals surface area contributed by atoms with Crippen LogP contribution in [0.5, 0.6) is 11.5 Å². The Morgan fingerprint density at radius 1 is 1.28 bits per heavy atom. The molecule has 0 aliphatic heterocycles. The van der Waals surface area contributed by atoms with E-state index in [1.807, 2.05) is 0 Å². The van der Waals surface area contributed by atoms with E-state index in [1.54, 1.807) is 19.1 Å². The van der Waals surface area contributed by atoms with E-state index in [4.69, 9.17) is 14.2 Å². The maximum Gasteiger partial charge on any atom is 0.344 e.